The van der Waals surface area contributed by atoms with Gasteiger partial charge < -0.3 is 9.80 Å². The average Bonchev–Trinajstić information content (AvgIpc) is 3.31. The molecule has 0 aliphatic carbocycles. The van der Waals surface area contributed by atoms with Gasteiger partial charge in [0.1, 0.15) is 5.54 Å². The van der Waals surface area contributed by atoms with Gasteiger partial charge in [-0.1, -0.05) is 38.1 Å². The van der Waals surface area contributed by atoms with Crippen molar-refractivity contribution in [3.63, 3.8) is 0 Å². The zero-order chi connectivity index (χ0) is 30.0. The molecule has 0 spiro atoms. The third-order valence-corrected chi connectivity index (χ3v) is 8.95. The predicted octanol–water partition coefficient (Wildman–Crippen LogP) is 5.34. The molecular formula is C32H35F2N5O3. The van der Waals surface area contributed by atoms with Crippen LogP contribution < -0.4 is 9.80 Å². The van der Waals surface area contributed by atoms with E-state index in [1.54, 1.807) is 46.9 Å². The number of halogens is 2. The van der Waals surface area contributed by atoms with E-state index in [0.29, 0.717) is 17.9 Å². The van der Waals surface area contributed by atoms with E-state index >= 15 is 0 Å². The number of para-hydroxylation sites is 1. The number of rotatable bonds is 5. The molecule has 0 bridgehead atoms. The lowest BCUT2D eigenvalue weighted by Crippen LogP contribution is -2.46. The average molecular weight is 576 g/mol. The molecule has 42 heavy (non-hydrogen) atoms. The molecule has 3 aromatic rings. The number of fused-ring (bicyclic) bond motifs is 2. The monoisotopic (exact) mass is 575 g/mol. The molecule has 220 valence electrons. The minimum Gasteiger partial charge on any atom is -0.310 e. The van der Waals surface area contributed by atoms with Crippen molar-refractivity contribution >= 4 is 40.1 Å². The molecule has 0 N–H and O–H groups in total. The number of carbonyl (C=O) groups is 3. The number of imide groups is 1. The van der Waals surface area contributed by atoms with E-state index in [2.05, 4.69) is 4.98 Å². The fourth-order valence-electron chi connectivity index (χ4n) is 6.35. The van der Waals surface area contributed by atoms with Crippen LogP contribution in [0.5, 0.6) is 0 Å². The van der Waals surface area contributed by atoms with Crippen molar-refractivity contribution in [1.82, 2.24) is 14.8 Å². The number of hydrogen-bond acceptors (Lipinski definition) is 5. The predicted molar refractivity (Wildman–Crippen MR) is 157 cm³/mol. The van der Waals surface area contributed by atoms with Crippen molar-refractivity contribution < 1.29 is 23.2 Å². The highest BCUT2D eigenvalue weighted by Crippen LogP contribution is 2.44. The lowest BCUT2D eigenvalue weighted by Gasteiger charge is -2.32. The number of urea groups is 1. The van der Waals surface area contributed by atoms with Gasteiger partial charge in [0.05, 0.1) is 17.7 Å². The number of benzene rings is 2. The number of nitrogens with zero attached hydrogens (tertiary/aromatic N) is 5. The summed E-state index contributed by atoms with van der Waals surface area (Å²) in [5.41, 5.74) is 2.21. The van der Waals surface area contributed by atoms with E-state index in [1.807, 2.05) is 50.2 Å². The summed E-state index contributed by atoms with van der Waals surface area (Å²) in [7, 11) is 0. The smallest absolute Gasteiger partial charge is 0.310 e. The molecule has 2 fully saturated rings. The summed E-state index contributed by atoms with van der Waals surface area (Å²) >= 11 is 0. The van der Waals surface area contributed by atoms with Crippen molar-refractivity contribution in [3.8, 4) is 0 Å². The summed E-state index contributed by atoms with van der Waals surface area (Å²) in [4.78, 5) is 51.8. The van der Waals surface area contributed by atoms with Crippen LogP contribution >= 0.6 is 0 Å². The number of likely N-dealkylation sites (tertiary alicyclic amines) is 1. The molecule has 10 heteroatoms. The lowest BCUT2D eigenvalue weighted by atomic mass is 9.87. The molecule has 8 nitrogen and oxygen atoms in total. The van der Waals surface area contributed by atoms with Gasteiger partial charge in [-0.15, -0.1) is 0 Å². The molecule has 6 rings (SSSR count). The zero-order valence-electron chi connectivity index (χ0n) is 24.4. The van der Waals surface area contributed by atoms with E-state index in [4.69, 9.17) is 0 Å². The highest BCUT2D eigenvalue weighted by atomic mass is 19.3. The Morgan fingerprint density at radius 2 is 1.69 bits per heavy atom. The first-order valence-electron chi connectivity index (χ1n) is 14.3. The fourth-order valence-corrected chi connectivity index (χ4v) is 6.35. The number of pyridine rings is 1. The van der Waals surface area contributed by atoms with Crippen LogP contribution in [0, 0.1) is 0 Å². The zero-order valence-corrected chi connectivity index (χ0v) is 24.4. The van der Waals surface area contributed by atoms with Crippen LogP contribution in [0.1, 0.15) is 51.7 Å². The van der Waals surface area contributed by atoms with Gasteiger partial charge in [0.25, 0.3) is 11.8 Å². The molecule has 2 aromatic carbocycles. The van der Waals surface area contributed by atoms with Crippen molar-refractivity contribution in [2.24, 2.45) is 0 Å². The van der Waals surface area contributed by atoms with Crippen LogP contribution in [0.3, 0.4) is 0 Å². The number of anilines is 2. The summed E-state index contributed by atoms with van der Waals surface area (Å²) in [6.45, 7) is 8.58. The summed E-state index contributed by atoms with van der Waals surface area (Å²) in [5.74, 6) is -3.22. The number of hydrogen-bond donors (Lipinski definition) is 0. The van der Waals surface area contributed by atoms with Gasteiger partial charge >= 0.3 is 6.03 Å². The Labute approximate surface area is 243 Å². The van der Waals surface area contributed by atoms with E-state index in [9.17, 15) is 23.2 Å². The summed E-state index contributed by atoms with van der Waals surface area (Å²) in [6.07, 6.45) is 1.19. The van der Waals surface area contributed by atoms with Crippen LogP contribution in [-0.4, -0.2) is 70.3 Å². The number of alkyl halides is 2. The van der Waals surface area contributed by atoms with Crippen molar-refractivity contribution in [1.29, 1.82) is 0 Å². The van der Waals surface area contributed by atoms with Crippen LogP contribution in [0.15, 0.2) is 54.7 Å². The van der Waals surface area contributed by atoms with Gasteiger partial charge in [-0.05, 0) is 49.2 Å². The van der Waals surface area contributed by atoms with Crippen LogP contribution in [-0.2, 0) is 21.5 Å². The van der Waals surface area contributed by atoms with E-state index < -0.39 is 17.5 Å². The van der Waals surface area contributed by atoms with Crippen LogP contribution in [0.4, 0.5) is 25.0 Å². The molecule has 0 saturated carbocycles. The summed E-state index contributed by atoms with van der Waals surface area (Å²) in [5, 5.41) is 0.917. The Morgan fingerprint density at radius 3 is 2.43 bits per heavy atom. The Bertz CT molecular complexity index is 1590. The Balaban J connectivity index is 1.28. The van der Waals surface area contributed by atoms with Gasteiger partial charge in [0.2, 0.25) is 5.91 Å². The van der Waals surface area contributed by atoms with Gasteiger partial charge in [-0.3, -0.25) is 19.5 Å². The minimum absolute atomic E-state index is 0.0398. The van der Waals surface area contributed by atoms with Crippen LogP contribution in [0.25, 0.3) is 10.9 Å². The molecule has 4 heterocycles. The van der Waals surface area contributed by atoms with Gasteiger partial charge in [0, 0.05) is 61.7 Å². The molecule has 4 amide bonds. The van der Waals surface area contributed by atoms with Crippen LogP contribution in [0.2, 0.25) is 0 Å². The molecule has 0 radical (unpaired) electrons. The molecule has 3 aliphatic heterocycles. The molecule has 0 unspecified atom stereocenters. The Kier molecular flexibility index (Phi) is 6.60. The minimum atomic E-state index is -2.68. The first kappa shape index (κ1) is 28.2. The first-order chi connectivity index (χ1) is 19.8. The number of amides is 4. The van der Waals surface area contributed by atoms with Gasteiger partial charge in [-0.25, -0.2) is 18.5 Å². The highest BCUT2D eigenvalue weighted by molar-refractivity contribution is 6.23. The summed E-state index contributed by atoms with van der Waals surface area (Å²) < 4.78 is 27.3. The number of piperidine rings is 1. The SMILES string of the molecule is CC1(C)CN(C(=O)CN2CCC(F)(F)CC2)c2cc(N3C(=O)N(Cc4ccnc5ccccc45)C(C)(C)C3=O)ccc21. The quantitative estimate of drug-likeness (QED) is 0.384. The largest absolute Gasteiger partial charge is 0.332 e. The summed E-state index contributed by atoms with van der Waals surface area (Å²) in [6, 6.07) is 14.5. The van der Waals surface area contributed by atoms with Gasteiger partial charge in [0.15, 0.2) is 0 Å². The third-order valence-electron chi connectivity index (χ3n) is 8.95. The maximum absolute atomic E-state index is 13.9. The topological polar surface area (TPSA) is 77.1 Å². The second-order valence-electron chi connectivity index (χ2n) is 12.8. The van der Waals surface area contributed by atoms with E-state index in [0.717, 1.165) is 22.0 Å². The van der Waals surface area contributed by atoms with Crippen molar-refractivity contribution in [2.75, 3.05) is 36.0 Å². The lowest BCUT2D eigenvalue weighted by molar-refractivity contribution is -0.123. The normalized spacial score (nSPS) is 21.3. The third kappa shape index (κ3) is 4.71. The van der Waals surface area contributed by atoms with Crippen molar-refractivity contribution in [3.05, 3.63) is 65.9 Å². The van der Waals surface area contributed by atoms with Gasteiger partial charge in [-0.2, -0.15) is 0 Å². The standard InChI is InChI=1S/C32H35F2N5O3/c1-30(2)20-37(27(40)19-36-15-12-32(33,34)13-16-36)26-17-22(9-10-24(26)30)39-28(41)31(3,4)38(29(39)42)18-21-11-14-35-25-8-6-5-7-23(21)25/h5-11,14,17H,12-13,15-16,18-20H2,1-4H3. The Morgan fingerprint density at radius 1 is 0.976 bits per heavy atom. The molecule has 0 atom stereocenters. The van der Waals surface area contributed by atoms with E-state index in [-0.39, 0.29) is 56.3 Å². The second-order valence-corrected chi connectivity index (χ2v) is 12.8. The van der Waals surface area contributed by atoms with E-state index in [1.165, 1.54) is 4.90 Å². The first-order valence-corrected chi connectivity index (χ1v) is 14.3. The second kappa shape index (κ2) is 9.83. The molecular weight excluding hydrogens is 540 g/mol. The Hall–Kier alpha value is -3.92. The molecule has 3 aliphatic rings. The van der Waals surface area contributed by atoms with Crippen molar-refractivity contribution in [2.45, 2.75) is 64.0 Å². The fraction of sp³-hybridized carbons (Fsp3) is 0.438. The maximum atomic E-state index is 13.9. The number of carbonyl (C=O) groups excluding carboxylic acids is 3. The maximum Gasteiger partial charge on any atom is 0.332 e. The number of aromatic nitrogens is 1. The highest BCUT2D eigenvalue weighted by Gasteiger charge is 2.52. The molecule has 2 saturated heterocycles. The molecule has 1 aromatic heterocycles.